The fourth-order valence-corrected chi connectivity index (χ4v) is 3.40. The van der Waals surface area contributed by atoms with Gasteiger partial charge in [-0.25, -0.2) is 4.40 Å². The van der Waals surface area contributed by atoms with Crippen LogP contribution in [0, 0.1) is 6.92 Å². The van der Waals surface area contributed by atoms with E-state index in [-0.39, 0.29) is 10.5 Å². The lowest BCUT2D eigenvalue weighted by molar-refractivity contribution is 0.103. The number of halogens is 1. The maximum Gasteiger partial charge on any atom is 0.193 e. The van der Waals surface area contributed by atoms with E-state index in [1.807, 2.05) is 25.1 Å². The van der Waals surface area contributed by atoms with E-state index in [9.17, 15) is 4.79 Å². The van der Waals surface area contributed by atoms with Crippen molar-refractivity contribution in [2.75, 3.05) is 0 Å². The number of aromatic nitrogens is 1. The number of nitrogens with zero attached hydrogens (tertiary/aromatic N) is 2. The molecule has 0 spiro atoms. The van der Waals surface area contributed by atoms with Crippen LogP contribution in [0.3, 0.4) is 0 Å². The van der Waals surface area contributed by atoms with Gasteiger partial charge < -0.3 is 4.52 Å². The number of rotatable bonds is 5. The number of ketones is 1. The molecule has 29 heavy (non-hydrogen) atoms. The zero-order valence-electron chi connectivity index (χ0n) is 16.9. The maximum atomic E-state index is 13.2. The molecule has 0 aliphatic carbocycles. The van der Waals surface area contributed by atoms with E-state index < -0.39 is 10.7 Å². The SMILES string of the molecule is C=S(/N=C/c1noc(C)c1-c1ccccc1C(=O)c1ccc(Cl)cc1)C(C)(C)C. The highest BCUT2D eigenvalue weighted by atomic mass is 35.5. The van der Waals surface area contributed by atoms with Gasteiger partial charge in [-0.3, -0.25) is 4.79 Å². The molecular formula is C23H23ClN2O2S. The molecule has 0 fully saturated rings. The lowest BCUT2D eigenvalue weighted by atomic mass is 9.93. The van der Waals surface area contributed by atoms with Gasteiger partial charge in [0.15, 0.2) is 5.78 Å². The van der Waals surface area contributed by atoms with Crippen LogP contribution >= 0.6 is 22.3 Å². The van der Waals surface area contributed by atoms with Crippen molar-refractivity contribution in [1.29, 1.82) is 0 Å². The van der Waals surface area contributed by atoms with Crippen molar-refractivity contribution in [3.05, 3.63) is 76.1 Å². The Labute approximate surface area is 178 Å². The average Bonchev–Trinajstić information content (AvgIpc) is 3.05. The van der Waals surface area contributed by atoms with Crippen LogP contribution in [0.5, 0.6) is 0 Å². The Balaban J connectivity index is 2.06. The maximum absolute atomic E-state index is 13.2. The van der Waals surface area contributed by atoms with Gasteiger partial charge in [0, 0.05) is 20.9 Å². The second-order valence-corrected chi connectivity index (χ2v) is 10.2. The summed E-state index contributed by atoms with van der Waals surface area (Å²) in [4.78, 5) is 13.2. The first-order valence-corrected chi connectivity index (χ1v) is 10.9. The van der Waals surface area contributed by atoms with Crippen molar-refractivity contribution in [2.45, 2.75) is 32.4 Å². The number of benzene rings is 2. The highest BCUT2D eigenvalue weighted by Gasteiger charge is 2.21. The summed E-state index contributed by atoms with van der Waals surface area (Å²) in [6.45, 7) is 8.11. The third-order valence-corrected chi connectivity index (χ3v) is 6.47. The van der Waals surface area contributed by atoms with Crippen LogP contribution < -0.4 is 0 Å². The minimum absolute atomic E-state index is 0.0437. The minimum Gasteiger partial charge on any atom is -0.360 e. The predicted octanol–water partition coefficient (Wildman–Crippen LogP) is 6.37. The van der Waals surface area contributed by atoms with E-state index in [1.54, 1.807) is 36.5 Å². The molecule has 0 saturated heterocycles. The van der Waals surface area contributed by atoms with Crippen molar-refractivity contribution in [1.82, 2.24) is 5.16 Å². The van der Waals surface area contributed by atoms with Crippen LogP contribution in [0.15, 0.2) is 57.5 Å². The molecule has 6 heteroatoms. The molecule has 0 amide bonds. The predicted molar refractivity (Wildman–Crippen MR) is 124 cm³/mol. The van der Waals surface area contributed by atoms with Crippen molar-refractivity contribution < 1.29 is 9.32 Å². The summed E-state index contributed by atoms with van der Waals surface area (Å²) in [5, 5.41) is 4.74. The van der Waals surface area contributed by atoms with Gasteiger partial charge >= 0.3 is 0 Å². The zero-order valence-corrected chi connectivity index (χ0v) is 18.5. The number of carbonyl (C=O) groups is 1. The highest BCUT2D eigenvalue weighted by Crippen LogP contribution is 2.33. The normalized spacial score (nSPS) is 13.0. The second-order valence-electron chi connectivity index (χ2n) is 7.59. The van der Waals surface area contributed by atoms with Crippen LogP contribution in [-0.4, -0.2) is 27.8 Å². The van der Waals surface area contributed by atoms with Gasteiger partial charge in [-0.1, -0.05) is 57.6 Å². The van der Waals surface area contributed by atoms with Crippen LogP contribution in [0.2, 0.25) is 5.02 Å². The van der Waals surface area contributed by atoms with Gasteiger partial charge in [-0.15, -0.1) is 0 Å². The zero-order chi connectivity index (χ0) is 21.2. The molecular weight excluding hydrogens is 404 g/mol. The van der Waals surface area contributed by atoms with Crippen molar-refractivity contribution >= 4 is 40.1 Å². The van der Waals surface area contributed by atoms with Gasteiger partial charge in [0.2, 0.25) is 0 Å². The van der Waals surface area contributed by atoms with Gasteiger partial charge in [0.25, 0.3) is 0 Å². The molecule has 0 aliphatic heterocycles. The second kappa shape index (κ2) is 8.47. The van der Waals surface area contributed by atoms with Crippen LogP contribution in [0.25, 0.3) is 11.1 Å². The first-order chi connectivity index (χ1) is 13.7. The fourth-order valence-electron chi connectivity index (χ4n) is 2.73. The molecule has 150 valence electrons. The summed E-state index contributed by atoms with van der Waals surface area (Å²) in [6.07, 6.45) is 1.69. The van der Waals surface area contributed by atoms with Gasteiger partial charge in [-0.2, -0.15) is 0 Å². The Bertz CT molecular complexity index is 1090. The average molecular weight is 427 g/mol. The van der Waals surface area contributed by atoms with E-state index in [2.05, 4.69) is 36.2 Å². The van der Waals surface area contributed by atoms with Gasteiger partial charge in [0.1, 0.15) is 11.5 Å². The molecule has 0 N–H and O–H groups in total. The van der Waals surface area contributed by atoms with E-state index >= 15 is 0 Å². The first-order valence-electron chi connectivity index (χ1n) is 9.12. The number of hydrogen-bond donors (Lipinski definition) is 0. The monoisotopic (exact) mass is 426 g/mol. The lowest BCUT2D eigenvalue weighted by Gasteiger charge is -2.18. The van der Waals surface area contributed by atoms with E-state index in [4.69, 9.17) is 16.1 Å². The Morgan fingerprint density at radius 1 is 1.17 bits per heavy atom. The van der Waals surface area contributed by atoms with Crippen LogP contribution in [-0.2, 0) is 0 Å². The molecule has 3 rings (SSSR count). The summed E-state index contributed by atoms with van der Waals surface area (Å²) >= 11 is 5.96. The first kappa shape index (κ1) is 21.2. The summed E-state index contributed by atoms with van der Waals surface area (Å²) < 4.78 is 9.97. The minimum atomic E-state index is -0.431. The number of aryl methyl sites for hydroxylation is 1. The third-order valence-electron chi connectivity index (χ3n) is 4.45. The molecule has 0 aliphatic rings. The van der Waals surface area contributed by atoms with Crippen molar-refractivity contribution in [3.63, 3.8) is 0 Å². The highest BCUT2D eigenvalue weighted by molar-refractivity contribution is 8.14. The fraction of sp³-hybridized carbons (Fsp3) is 0.217. The molecule has 0 bridgehead atoms. The molecule has 3 aromatic rings. The molecule has 0 radical (unpaired) electrons. The molecule has 1 heterocycles. The quantitative estimate of drug-likeness (QED) is 0.270. The lowest BCUT2D eigenvalue weighted by Crippen LogP contribution is -2.08. The van der Waals surface area contributed by atoms with Crippen molar-refractivity contribution in [2.24, 2.45) is 4.40 Å². The molecule has 2 aromatic carbocycles. The Morgan fingerprint density at radius 2 is 1.83 bits per heavy atom. The van der Waals surface area contributed by atoms with E-state index in [0.717, 1.165) is 11.1 Å². The smallest absolute Gasteiger partial charge is 0.193 e. The number of hydrogen-bond acceptors (Lipinski definition) is 4. The molecule has 0 saturated carbocycles. The van der Waals surface area contributed by atoms with Gasteiger partial charge in [-0.05, 0) is 57.5 Å². The van der Waals surface area contributed by atoms with Crippen LogP contribution in [0.4, 0.5) is 0 Å². The van der Waals surface area contributed by atoms with Crippen molar-refractivity contribution in [3.8, 4) is 11.1 Å². The summed E-state index contributed by atoms with van der Waals surface area (Å²) in [5.41, 5.74) is 3.24. The van der Waals surface area contributed by atoms with Crippen LogP contribution in [0.1, 0.15) is 48.1 Å². The summed E-state index contributed by atoms with van der Waals surface area (Å²) in [5.74, 6) is 4.67. The van der Waals surface area contributed by atoms with Gasteiger partial charge in [0.05, 0.1) is 11.8 Å². The molecule has 1 atom stereocenters. The third kappa shape index (κ3) is 4.74. The van der Waals surface area contributed by atoms with E-state index in [1.165, 1.54) is 0 Å². The molecule has 4 nitrogen and oxygen atoms in total. The Kier molecular flexibility index (Phi) is 6.20. The van der Waals surface area contributed by atoms with E-state index in [0.29, 0.717) is 27.6 Å². The molecule has 1 unspecified atom stereocenters. The summed E-state index contributed by atoms with van der Waals surface area (Å²) in [7, 11) is -0.431. The summed E-state index contributed by atoms with van der Waals surface area (Å²) in [6, 6.07) is 14.3. The largest absolute Gasteiger partial charge is 0.360 e. The Hall–Kier alpha value is -2.50. The topological polar surface area (TPSA) is 55.5 Å². The standard InChI is InChI=1S/C23H23ClN2O2S/c1-15-21(20(26-28-15)14-25-29(5)23(2,3)4)18-8-6-7-9-19(18)22(27)16-10-12-17(24)13-11-16/h6-14H,5H2,1-4H3/b25-14+. The Morgan fingerprint density at radius 3 is 2.48 bits per heavy atom. The molecule has 1 aromatic heterocycles. The number of carbonyl (C=O) groups excluding carboxylic acids is 1.